The lowest BCUT2D eigenvalue weighted by Crippen LogP contribution is -2.16. The lowest BCUT2D eigenvalue weighted by Gasteiger charge is -2.03. The number of aliphatic carboxylic acids is 1. The predicted octanol–water partition coefficient (Wildman–Crippen LogP) is 3.69. The minimum atomic E-state index is -0.955. The van der Waals surface area contributed by atoms with Gasteiger partial charge in [-0.2, -0.15) is 0 Å². The van der Waals surface area contributed by atoms with Crippen LogP contribution >= 0.6 is 22.9 Å². The third-order valence-corrected chi connectivity index (χ3v) is 4.17. The number of carboxylic acids is 1. The minimum absolute atomic E-state index is 0.0309. The zero-order chi connectivity index (χ0) is 15.4. The van der Waals surface area contributed by atoms with Crippen LogP contribution in [0.5, 0.6) is 0 Å². The number of nitrogens with zero attached hydrogens (tertiary/aromatic N) is 1. The summed E-state index contributed by atoms with van der Waals surface area (Å²) in [5, 5.41) is 12.1. The van der Waals surface area contributed by atoms with E-state index in [1.807, 2.05) is 17.5 Å². The zero-order valence-corrected chi connectivity index (χ0v) is 12.9. The number of carbonyl (C=O) groups is 2. The van der Waals surface area contributed by atoms with Crippen LogP contribution in [0.25, 0.3) is 10.6 Å². The van der Waals surface area contributed by atoms with Gasteiger partial charge < -0.3 is 5.11 Å². The highest BCUT2D eigenvalue weighted by atomic mass is 35.5. The fraction of sp³-hybridized carbons (Fsp3) is 0.267. The highest BCUT2D eigenvalue weighted by molar-refractivity contribution is 7.13. The van der Waals surface area contributed by atoms with Gasteiger partial charge in [-0.3, -0.25) is 9.59 Å². The van der Waals surface area contributed by atoms with Gasteiger partial charge in [0, 0.05) is 28.8 Å². The Morgan fingerprint density at radius 3 is 2.62 bits per heavy atom. The second-order valence-corrected chi connectivity index (χ2v) is 6.10. The molecule has 21 heavy (non-hydrogen) atoms. The Morgan fingerprint density at radius 1 is 1.33 bits per heavy atom. The Kier molecular flexibility index (Phi) is 5.09. The van der Waals surface area contributed by atoms with Crippen LogP contribution < -0.4 is 0 Å². The summed E-state index contributed by atoms with van der Waals surface area (Å²) in [5.41, 5.74) is 1.62. The number of rotatable bonds is 6. The maximum atomic E-state index is 11.8. The topological polar surface area (TPSA) is 67.3 Å². The molecule has 4 nitrogen and oxygen atoms in total. The molecule has 2 rings (SSSR count). The van der Waals surface area contributed by atoms with E-state index in [9.17, 15) is 9.59 Å². The molecule has 2 aromatic rings. The molecule has 0 fully saturated rings. The second-order valence-electron chi connectivity index (χ2n) is 4.81. The molecule has 6 heteroatoms. The summed E-state index contributed by atoms with van der Waals surface area (Å²) in [7, 11) is 0. The van der Waals surface area contributed by atoms with Gasteiger partial charge in [-0.15, -0.1) is 11.3 Å². The molecular weight excluding hydrogens is 310 g/mol. The molecule has 0 saturated carbocycles. The molecule has 0 aliphatic carbocycles. The molecule has 1 N–H and O–H groups in total. The summed E-state index contributed by atoms with van der Waals surface area (Å²) >= 11 is 7.29. The molecule has 0 radical (unpaired) electrons. The summed E-state index contributed by atoms with van der Waals surface area (Å²) in [4.78, 5) is 26.9. The molecule has 1 aromatic carbocycles. The molecule has 0 amide bonds. The van der Waals surface area contributed by atoms with E-state index in [-0.39, 0.29) is 18.6 Å². The standard InChI is InChI=1S/C15H14ClNO3S/c1-9(15(19)20)6-13(18)7-12-8-21-14(17-12)10-2-4-11(16)5-3-10/h2-5,8-9H,6-7H2,1H3,(H,19,20)/t9-/m0/s1. The highest BCUT2D eigenvalue weighted by Crippen LogP contribution is 2.25. The fourth-order valence-corrected chi connectivity index (χ4v) is 2.77. The molecule has 1 heterocycles. The number of ketones is 1. The molecule has 0 saturated heterocycles. The quantitative estimate of drug-likeness (QED) is 0.880. The van der Waals surface area contributed by atoms with Gasteiger partial charge in [-0.25, -0.2) is 4.98 Å². The predicted molar refractivity (Wildman–Crippen MR) is 82.7 cm³/mol. The average Bonchev–Trinajstić information content (AvgIpc) is 2.87. The molecule has 0 bridgehead atoms. The molecule has 0 aliphatic rings. The van der Waals surface area contributed by atoms with Crippen molar-refractivity contribution < 1.29 is 14.7 Å². The van der Waals surface area contributed by atoms with Crippen molar-refractivity contribution in [1.82, 2.24) is 4.98 Å². The van der Waals surface area contributed by atoms with Gasteiger partial charge in [0.25, 0.3) is 0 Å². The van der Waals surface area contributed by atoms with Crippen LogP contribution in [0, 0.1) is 5.92 Å². The van der Waals surface area contributed by atoms with Crippen LogP contribution in [0.1, 0.15) is 19.0 Å². The number of hydrogen-bond donors (Lipinski definition) is 1. The summed E-state index contributed by atoms with van der Waals surface area (Å²) in [5.74, 6) is -1.73. The van der Waals surface area contributed by atoms with Crippen LogP contribution in [-0.4, -0.2) is 21.8 Å². The molecule has 0 aliphatic heterocycles. The van der Waals surface area contributed by atoms with Gasteiger partial charge in [0.2, 0.25) is 0 Å². The Labute approximate surface area is 131 Å². The molecule has 0 spiro atoms. The van der Waals surface area contributed by atoms with Gasteiger partial charge >= 0.3 is 5.97 Å². The van der Waals surface area contributed by atoms with Gasteiger partial charge in [-0.1, -0.05) is 30.7 Å². The number of carbonyl (C=O) groups excluding carboxylic acids is 1. The van der Waals surface area contributed by atoms with Gasteiger partial charge in [0.15, 0.2) is 0 Å². The molecule has 1 atom stereocenters. The minimum Gasteiger partial charge on any atom is -0.481 e. The summed E-state index contributed by atoms with van der Waals surface area (Å²) < 4.78 is 0. The van der Waals surface area contributed by atoms with Crippen LogP contribution in [0.15, 0.2) is 29.6 Å². The van der Waals surface area contributed by atoms with E-state index in [0.717, 1.165) is 10.6 Å². The Balaban J connectivity index is 2.01. The summed E-state index contributed by atoms with van der Waals surface area (Å²) in [6.45, 7) is 1.53. The zero-order valence-electron chi connectivity index (χ0n) is 11.4. The van der Waals surface area contributed by atoms with Crippen molar-refractivity contribution in [2.45, 2.75) is 19.8 Å². The maximum Gasteiger partial charge on any atom is 0.306 e. The fourth-order valence-electron chi connectivity index (χ4n) is 1.82. The summed E-state index contributed by atoms with van der Waals surface area (Å²) in [6, 6.07) is 7.33. The number of hydrogen-bond acceptors (Lipinski definition) is 4. The van der Waals surface area contributed by atoms with Crippen molar-refractivity contribution in [3.05, 3.63) is 40.4 Å². The smallest absolute Gasteiger partial charge is 0.306 e. The first-order chi connectivity index (χ1) is 9.95. The van der Waals surface area contributed by atoms with Crippen molar-refractivity contribution in [3.8, 4) is 10.6 Å². The van der Waals surface area contributed by atoms with E-state index in [4.69, 9.17) is 16.7 Å². The Hall–Kier alpha value is -1.72. The van der Waals surface area contributed by atoms with E-state index in [2.05, 4.69) is 4.98 Å². The third kappa shape index (κ3) is 4.37. The monoisotopic (exact) mass is 323 g/mol. The Bertz CT molecular complexity index is 651. The molecular formula is C15H14ClNO3S. The molecule has 110 valence electrons. The average molecular weight is 324 g/mol. The van der Waals surface area contributed by atoms with Crippen LogP contribution in [-0.2, 0) is 16.0 Å². The first kappa shape index (κ1) is 15.7. The summed E-state index contributed by atoms with van der Waals surface area (Å²) in [6.07, 6.45) is 0.199. The highest BCUT2D eigenvalue weighted by Gasteiger charge is 2.17. The van der Waals surface area contributed by atoms with E-state index in [1.54, 1.807) is 12.1 Å². The number of aromatic nitrogens is 1. The SMILES string of the molecule is C[C@@H](CC(=O)Cc1csc(-c2ccc(Cl)cc2)n1)C(=O)O. The van der Waals surface area contributed by atoms with Crippen molar-refractivity contribution in [2.75, 3.05) is 0 Å². The number of carboxylic acid groups (broad SMARTS) is 1. The molecule has 0 unspecified atom stereocenters. The normalized spacial score (nSPS) is 12.1. The largest absolute Gasteiger partial charge is 0.481 e. The van der Waals surface area contributed by atoms with E-state index >= 15 is 0 Å². The maximum absolute atomic E-state index is 11.8. The van der Waals surface area contributed by atoms with Gasteiger partial charge in [0.1, 0.15) is 10.8 Å². The third-order valence-electron chi connectivity index (χ3n) is 2.98. The molecule has 1 aromatic heterocycles. The van der Waals surface area contributed by atoms with Crippen LogP contribution in [0.3, 0.4) is 0 Å². The van der Waals surface area contributed by atoms with Crippen molar-refractivity contribution in [2.24, 2.45) is 5.92 Å². The van der Waals surface area contributed by atoms with Crippen molar-refractivity contribution >= 4 is 34.7 Å². The first-order valence-electron chi connectivity index (χ1n) is 6.40. The Morgan fingerprint density at radius 2 is 2.00 bits per heavy atom. The lowest BCUT2D eigenvalue weighted by molar-refractivity contribution is -0.143. The number of Topliss-reactive ketones (excluding diaryl/α,β-unsaturated/α-hetero) is 1. The van der Waals surface area contributed by atoms with E-state index < -0.39 is 11.9 Å². The van der Waals surface area contributed by atoms with Crippen LogP contribution in [0.4, 0.5) is 0 Å². The van der Waals surface area contributed by atoms with Gasteiger partial charge in [0.05, 0.1) is 11.6 Å². The van der Waals surface area contributed by atoms with E-state index in [0.29, 0.717) is 10.7 Å². The second kappa shape index (κ2) is 6.83. The first-order valence-corrected chi connectivity index (χ1v) is 7.66. The lowest BCUT2D eigenvalue weighted by atomic mass is 10.0. The number of thiazole rings is 1. The van der Waals surface area contributed by atoms with Gasteiger partial charge in [-0.05, 0) is 12.1 Å². The number of benzene rings is 1. The van der Waals surface area contributed by atoms with Crippen molar-refractivity contribution in [1.29, 1.82) is 0 Å². The number of halogens is 1. The van der Waals surface area contributed by atoms with Crippen LogP contribution in [0.2, 0.25) is 5.02 Å². The van der Waals surface area contributed by atoms with Crippen molar-refractivity contribution in [3.63, 3.8) is 0 Å². The van der Waals surface area contributed by atoms with E-state index in [1.165, 1.54) is 18.3 Å².